The Bertz CT molecular complexity index is 1700. The lowest BCUT2D eigenvalue weighted by Gasteiger charge is -2.34. The van der Waals surface area contributed by atoms with E-state index in [9.17, 15) is 18.0 Å². The maximum atomic E-state index is 14.3. The number of sulfonamides is 1. The molecule has 0 bridgehead atoms. The summed E-state index contributed by atoms with van der Waals surface area (Å²) in [5.41, 5.74) is 0.694. The van der Waals surface area contributed by atoms with Gasteiger partial charge in [0, 0.05) is 28.2 Å². The smallest absolute Gasteiger partial charge is 0.264 e. The molecular formula is C35H37Cl2N3O5S. The van der Waals surface area contributed by atoms with Crippen LogP contribution in [0.4, 0.5) is 5.69 Å². The number of hydrogen-bond acceptors (Lipinski definition) is 5. The number of nitrogens with one attached hydrogen (secondary N) is 1. The molecule has 0 aromatic heterocycles. The van der Waals surface area contributed by atoms with Gasteiger partial charge in [-0.15, -0.1) is 0 Å². The second kappa shape index (κ2) is 16.0. The minimum Gasteiger partial charge on any atom is -0.457 e. The van der Waals surface area contributed by atoms with Crippen molar-refractivity contribution in [1.82, 2.24) is 10.2 Å². The van der Waals surface area contributed by atoms with E-state index in [-0.39, 0.29) is 35.5 Å². The summed E-state index contributed by atoms with van der Waals surface area (Å²) in [6.07, 6.45) is 0.965. The van der Waals surface area contributed by atoms with Crippen molar-refractivity contribution in [2.45, 2.75) is 57.1 Å². The summed E-state index contributed by atoms with van der Waals surface area (Å²) in [6, 6.07) is 27.4. The first-order valence-electron chi connectivity index (χ1n) is 15.0. The van der Waals surface area contributed by atoms with Gasteiger partial charge in [-0.05, 0) is 80.4 Å². The van der Waals surface area contributed by atoms with Gasteiger partial charge in [0.05, 0.1) is 10.6 Å². The molecule has 0 radical (unpaired) electrons. The first-order chi connectivity index (χ1) is 22.0. The lowest BCUT2D eigenvalue weighted by atomic mass is 10.1. The molecule has 2 amide bonds. The Kier molecular flexibility index (Phi) is 12.1. The van der Waals surface area contributed by atoms with Crippen LogP contribution in [0.5, 0.6) is 11.5 Å². The van der Waals surface area contributed by atoms with Crippen molar-refractivity contribution in [2.75, 3.05) is 10.8 Å². The molecule has 0 saturated carbocycles. The first kappa shape index (κ1) is 34.8. The molecule has 0 spiro atoms. The van der Waals surface area contributed by atoms with E-state index in [1.807, 2.05) is 32.0 Å². The molecule has 1 N–H and O–H groups in total. The highest BCUT2D eigenvalue weighted by Gasteiger charge is 2.34. The molecule has 0 unspecified atom stereocenters. The molecule has 0 aliphatic rings. The zero-order valence-corrected chi connectivity index (χ0v) is 28.2. The fourth-order valence-electron chi connectivity index (χ4n) is 4.77. The van der Waals surface area contributed by atoms with Gasteiger partial charge < -0.3 is 15.0 Å². The molecule has 0 aliphatic heterocycles. The van der Waals surface area contributed by atoms with Gasteiger partial charge in [0.15, 0.2) is 0 Å². The van der Waals surface area contributed by atoms with Crippen LogP contribution in [0, 0.1) is 0 Å². The maximum absolute atomic E-state index is 14.3. The number of carbonyl (C=O) groups excluding carboxylic acids is 2. The fourth-order valence-corrected chi connectivity index (χ4v) is 6.72. The van der Waals surface area contributed by atoms with Crippen molar-refractivity contribution >= 4 is 50.7 Å². The maximum Gasteiger partial charge on any atom is 0.264 e. The summed E-state index contributed by atoms with van der Waals surface area (Å²) in [5, 5.41) is 3.60. The lowest BCUT2D eigenvalue weighted by molar-refractivity contribution is -0.140. The van der Waals surface area contributed by atoms with E-state index in [2.05, 4.69) is 5.32 Å². The molecule has 242 valence electrons. The van der Waals surface area contributed by atoms with Crippen molar-refractivity contribution in [1.29, 1.82) is 0 Å². The highest BCUT2D eigenvalue weighted by Crippen LogP contribution is 2.30. The highest BCUT2D eigenvalue weighted by atomic mass is 35.5. The lowest BCUT2D eigenvalue weighted by Crippen LogP contribution is -2.53. The largest absolute Gasteiger partial charge is 0.457 e. The Labute approximate surface area is 280 Å². The number of amides is 2. The van der Waals surface area contributed by atoms with E-state index < -0.39 is 28.5 Å². The Hall–Kier alpha value is -4.05. The second-order valence-corrected chi connectivity index (χ2v) is 13.4. The number of anilines is 1. The number of ether oxygens (including phenoxy) is 1. The highest BCUT2D eigenvalue weighted by molar-refractivity contribution is 7.92. The number of benzene rings is 4. The quantitative estimate of drug-likeness (QED) is 0.147. The van der Waals surface area contributed by atoms with Crippen LogP contribution in [0.2, 0.25) is 10.0 Å². The average Bonchev–Trinajstić information content (AvgIpc) is 3.06. The number of rotatable bonds is 14. The fraction of sp³-hybridized carbons (Fsp3) is 0.257. The molecule has 4 aromatic rings. The van der Waals surface area contributed by atoms with Crippen molar-refractivity contribution in [3.8, 4) is 11.5 Å². The third-order valence-electron chi connectivity index (χ3n) is 7.49. The van der Waals surface area contributed by atoms with E-state index >= 15 is 0 Å². The van der Waals surface area contributed by atoms with E-state index in [0.717, 1.165) is 4.31 Å². The van der Waals surface area contributed by atoms with Gasteiger partial charge in [0.2, 0.25) is 11.8 Å². The molecule has 2 atom stereocenters. The number of carbonyl (C=O) groups is 2. The predicted octanol–water partition coefficient (Wildman–Crippen LogP) is 7.70. The molecule has 0 saturated heterocycles. The molecule has 46 heavy (non-hydrogen) atoms. The summed E-state index contributed by atoms with van der Waals surface area (Å²) < 4.78 is 35.1. The second-order valence-electron chi connectivity index (χ2n) is 10.7. The predicted molar refractivity (Wildman–Crippen MR) is 183 cm³/mol. The van der Waals surface area contributed by atoms with Crippen molar-refractivity contribution in [2.24, 2.45) is 0 Å². The number of hydrogen-bond donors (Lipinski definition) is 1. The van der Waals surface area contributed by atoms with Crippen LogP contribution in [0.1, 0.15) is 39.2 Å². The molecule has 0 heterocycles. The van der Waals surface area contributed by atoms with Crippen LogP contribution in [0.15, 0.2) is 108 Å². The van der Waals surface area contributed by atoms with Gasteiger partial charge in [-0.2, -0.15) is 0 Å². The normalized spacial score (nSPS) is 12.5. The zero-order valence-electron chi connectivity index (χ0n) is 25.9. The van der Waals surface area contributed by atoms with Gasteiger partial charge in [0.25, 0.3) is 10.0 Å². The van der Waals surface area contributed by atoms with Gasteiger partial charge in [-0.25, -0.2) is 8.42 Å². The van der Waals surface area contributed by atoms with Crippen LogP contribution >= 0.6 is 23.2 Å². The van der Waals surface area contributed by atoms with Crippen molar-refractivity contribution in [3.05, 3.63) is 119 Å². The van der Waals surface area contributed by atoms with Gasteiger partial charge in [-0.1, -0.05) is 79.5 Å². The Morgan fingerprint density at radius 1 is 0.783 bits per heavy atom. The third-order valence-corrected chi connectivity index (χ3v) is 9.99. The summed E-state index contributed by atoms with van der Waals surface area (Å²) in [7, 11) is -4.23. The molecule has 8 nitrogen and oxygen atoms in total. The molecule has 11 heteroatoms. The van der Waals surface area contributed by atoms with Crippen LogP contribution in [-0.4, -0.2) is 43.8 Å². The van der Waals surface area contributed by atoms with E-state index in [1.165, 1.54) is 17.0 Å². The third kappa shape index (κ3) is 8.60. The molecule has 0 aliphatic carbocycles. The van der Waals surface area contributed by atoms with E-state index in [4.69, 9.17) is 27.9 Å². The Balaban J connectivity index is 1.74. The van der Waals surface area contributed by atoms with Gasteiger partial charge in [-0.3, -0.25) is 13.9 Å². The number of nitrogens with zero attached hydrogens (tertiary/aromatic N) is 2. The minimum atomic E-state index is -4.23. The summed E-state index contributed by atoms with van der Waals surface area (Å²) in [6.45, 7) is 4.92. The van der Waals surface area contributed by atoms with Crippen molar-refractivity contribution < 1.29 is 22.7 Å². The molecule has 4 rings (SSSR count). The van der Waals surface area contributed by atoms with Crippen LogP contribution < -0.4 is 14.4 Å². The monoisotopic (exact) mass is 681 g/mol. The standard InChI is InChI=1S/C35H37Cl2N3O5S/c1-4-25(3)38-35(42)33(5-2)39(23-30-31(36)17-12-18-32(30)37)34(41)24-40(46(43,44)29-15-10-7-11-16-29)26-19-21-28(22-20-26)45-27-13-8-6-9-14-27/h6-22,25,33H,4-5,23-24H2,1-3H3,(H,38,42)/t25-,33+/m0/s1. The topological polar surface area (TPSA) is 96.0 Å². The van der Waals surface area contributed by atoms with Crippen LogP contribution in [0.3, 0.4) is 0 Å². The summed E-state index contributed by atoms with van der Waals surface area (Å²) in [4.78, 5) is 29.2. The van der Waals surface area contributed by atoms with Gasteiger partial charge in [0.1, 0.15) is 24.1 Å². The van der Waals surface area contributed by atoms with Crippen molar-refractivity contribution in [3.63, 3.8) is 0 Å². The summed E-state index contributed by atoms with van der Waals surface area (Å²) in [5.74, 6) is 0.148. The SMILES string of the molecule is CC[C@H](C(=O)N[C@@H](C)CC)N(Cc1c(Cl)cccc1Cl)C(=O)CN(c1ccc(Oc2ccccc2)cc1)S(=O)(=O)c1ccccc1. The Morgan fingerprint density at radius 2 is 1.35 bits per heavy atom. The Morgan fingerprint density at radius 3 is 1.91 bits per heavy atom. The minimum absolute atomic E-state index is 0.00895. The molecular weight excluding hydrogens is 645 g/mol. The molecule has 0 fully saturated rings. The van der Waals surface area contributed by atoms with Crippen LogP contribution in [-0.2, 0) is 26.2 Å². The number of para-hydroxylation sites is 1. The first-order valence-corrected chi connectivity index (χ1v) is 17.2. The summed E-state index contributed by atoms with van der Waals surface area (Å²) >= 11 is 13.0. The van der Waals surface area contributed by atoms with E-state index in [1.54, 1.807) is 79.7 Å². The van der Waals surface area contributed by atoms with Gasteiger partial charge >= 0.3 is 0 Å². The van der Waals surface area contributed by atoms with Crippen LogP contribution in [0.25, 0.3) is 0 Å². The van der Waals surface area contributed by atoms with E-state index in [0.29, 0.717) is 33.5 Å². The number of halogens is 2. The molecule has 4 aromatic carbocycles. The zero-order chi connectivity index (χ0) is 33.3. The average molecular weight is 683 g/mol.